The van der Waals surface area contributed by atoms with Gasteiger partial charge in [-0.25, -0.2) is 0 Å². The fraction of sp³-hybridized carbons (Fsp3) is 1.00. The first-order valence-electron chi connectivity index (χ1n) is 11.9. The Morgan fingerprint density at radius 3 is 0.935 bits per heavy atom. The SMILES string of the molecule is CCCO[Si](OCCC)(OCCC)C(Br)CC.CCO[Si](OCC)(OCC)C(Br)CC. The Hall–Kier alpha value is 1.15. The van der Waals surface area contributed by atoms with Crippen LogP contribution in [0.15, 0.2) is 0 Å². The normalized spacial score (nSPS) is 14.1. The summed E-state index contributed by atoms with van der Waals surface area (Å²) in [5.74, 6) is 0. The van der Waals surface area contributed by atoms with Gasteiger partial charge in [0.2, 0.25) is 0 Å². The van der Waals surface area contributed by atoms with E-state index in [0.717, 1.165) is 32.1 Å². The molecule has 31 heavy (non-hydrogen) atoms. The topological polar surface area (TPSA) is 55.4 Å². The van der Waals surface area contributed by atoms with Crippen molar-refractivity contribution in [1.82, 2.24) is 0 Å². The number of rotatable bonds is 19. The average molecular weight is 613 g/mol. The van der Waals surface area contributed by atoms with Gasteiger partial charge in [-0.1, -0.05) is 66.5 Å². The predicted molar refractivity (Wildman–Crippen MR) is 141 cm³/mol. The Morgan fingerprint density at radius 1 is 0.484 bits per heavy atom. The van der Waals surface area contributed by atoms with Crippen molar-refractivity contribution in [1.29, 1.82) is 0 Å². The maximum atomic E-state index is 5.98. The van der Waals surface area contributed by atoms with E-state index in [0.29, 0.717) is 39.6 Å². The molecule has 0 aliphatic carbocycles. The molecule has 0 heterocycles. The van der Waals surface area contributed by atoms with Crippen molar-refractivity contribution in [3.63, 3.8) is 0 Å². The van der Waals surface area contributed by atoms with Crippen molar-refractivity contribution in [2.24, 2.45) is 0 Å². The molecule has 6 nitrogen and oxygen atoms in total. The molecule has 10 heteroatoms. The van der Waals surface area contributed by atoms with Crippen molar-refractivity contribution in [2.45, 2.75) is 96.4 Å². The van der Waals surface area contributed by atoms with Gasteiger partial charge in [-0.3, -0.25) is 0 Å². The van der Waals surface area contributed by atoms with Gasteiger partial charge in [-0.2, -0.15) is 0 Å². The van der Waals surface area contributed by atoms with Crippen LogP contribution in [0.1, 0.15) is 87.5 Å². The van der Waals surface area contributed by atoms with Crippen LogP contribution in [0.5, 0.6) is 0 Å². The molecule has 0 radical (unpaired) electrons. The molecular formula is C21H48Br2O6Si2. The van der Waals surface area contributed by atoms with Crippen molar-refractivity contribution in [3.05, 3.63) is 0 Å². The molecule has 0 aromatic carbocycles. The van der Waals surface area contributed by atoms with Crippen molar-refractivity contribution >= 4 is 49.5 Å². The molecular weight excluding hydrogens is 564 g/mol. The van der Waals surface area contributed by atoms with Crippen LogP contribution in [0.3, 0.4) is 0 Å². The Balaban J connectivity index is 0. The van der Waals surface area contributed by atoms with E-state index < -0.39 is 17.6 Å². The molecule has 0 saturated heterocycles. The highest BCUT2D eigenvalue weighted by molar-refractivity contribution is 9.10. The number of hydrogen-bond donors (Lipinski definition) is 0. The minimum atomic E-state index is -2.55. The highest BCUT2D eigenvalue weighted by atomic mass is 79.9. The lowest BCUT2D eigenvalue weighted by Gasteiger charge is -2.32. The second-order valence-electron chi connectivity index (χ2n) is 6.80. The zero-order valence-electron chi connectivity index (χ0n) is 21.1. The Bertz CT molecular complexity index is 358. The minimum absolute atomic E-state index is 0.190. The van der Waals surface area contributed by atoms with E-state index in [4.69, 9.17) is 26.6 Å². The summed E-state index contributed by atoms with van der Waals surface area (Å²) in [6.45, 7) is 20.5. The third-order valence-corrected chi connectivity index (χ3v) is 14.9. The van der Waals surface area contributed by atoms with Crippen molar-refractivity contribution in [3.8, 4) is 0 Å². The third kappa shape index (κ3) is 13.6. The van der Waals surface area contributed by atoms with Crippen LogP contribution in [-0.2, 0) is 26.6 Å². The summed E-state index contributed by atoms with van der Waals surface area (Å²) in [6.07, 6.45) is 4.88. The van der Waals surface area contributed by atoms with Crippen LogP contribution >= 0.6 is 31.9 Å². The summed E-state index contributed by atoms with van der Waals surface area (Å²) < 4.78 is 35.5. The summed E-state index contributed by atoms with van der Waals surface area (Å²) in [6, 6.07) is 0. The maximum absolute atomic E-state index is 5.98. The van der Waals surface area contributed by atoms with Crippen molar-refractivity contribution < 1.29 is 26.6 Å². The van der Waals surface area contributed by atoms with E-state index in [2.05, 4.69) is 66.5 Å². The maximum Gasteiger partial charge on any atom is 0.515 e. The fourth-order valence-electron chi connectivity index (χ4n) is 2.63. The molecule has 0 bridgehead atoms. The van der Waals surface area contributed by atoms with E-state index in [9.17, 15) is 0 Å². The lowest BCUT2D eigenvalue weighted by Crippen LogP contribution is -2.54. The smallest absolute Gasteiger partial charge is 0.373 e. The number of hydrogen-bond acceptors (Lipinski definition) is 6. The highest BCUT2D eigenvalue weighted by Crippen LogP contribution is 2.25. The molecule has 0 rings (SSSR count). The van der Waals surface area contributed by atoms with Gasteiger partial charge in [0, 0.05) is 39.6 Å². The quantitative estimate of drug-likeness (QED) is 0.120. The molecule has 0 fully saturated rings. The standard InChI is InChI=1S/C12H27BrO3Si.C9H21BrO3Si/c1-5-9-14-17(12(13)8-4,15-10-6-2)16-11-7-3;1-5-9(10)14(11-6-2,12-7-3)13-8-4/h12H,5-11H2,1-4H3;9H,5-8H2,1-4H3. The largest absolute Gasteiger partial charge is 0.515 e. The van der Waals surface area contributed by atoms with E-state index in [1.807, 2.05) is 20.8 Å². The van der Waals surface area contributed by atoms with E-state index >= 15 is 0 Å². The first-order chi connectivity index (χ1) is 14.8. The van der Waals surface area contributed by atoms with Crippen LogP contribution < -0.4 is 0 Å². The van der Waals surface area contributed by atoms with Gasteiger partial charge in [0.25, 0.3) is 0 Å². The molecule has 2 unspecified atom stereocenters. The summed E-state index contributed by atoms with van der Waals surface area (Å²) in [5, 5.41) is 0. The van der Waals surface area contributed by atoms with E-state index in [1.165, 1.54) is 0 Å². The minimum Gasteiger partial charge on any atom is -0.373 e. The van der Waals surface area contributed by atoms with Gasteiger partial charge < -0.3 is 26.6 Å². The second kappa shape index (κ2) is 21.7. The van der Waals surface area contributed by atoms with Gasteiger partial charge >= 0.3 is 17.6 Å². The third-order valence-electron chi connectivity index (χ3n) is 4.04. The summed E-state index contributed by atoms with van der Waals surface area (Å²) >= 11 is 7.27. The van der Waals surface area contributed by atoms with Crippen LogP contribution in [0.25, 0.3) is 0 Å². The summed E-state index contributed by atoms with van der Waals surface area (Å²) in [7, 11) is -5.03. The molecule has 0 aliphatic heterocycles. The van der Waals surface area contributed by atoms with Gasteiger partial charge in [0.05, 0.1) is 8.90 Å². The highest BCUT2D eigenvalue weighted by Gasteiger charge is 2.48. The van der Waals surface area contributed by atoms with Gasteiger partial charge in [0.1, 0.15) is 0 Å². The lowest BCUT2D eigenvalue weighted by molar-refractivity contribution is 0.0577. The van der Waals surface area contributed by atoms with Crippen LogP contribution in [0.4, 0.5) is 0 Å². The average Bonchev–Trinajstić information content (AvgIpc) is 2.78. The first-order valence-corrected chi connectivity index (χ1v) is 17.4. The molecule has 2 atom stereocenters. The molecule has 0 amide bonds. The zero-order valence-corrected chi connectivity index (χ0v) is 26.3. The molecule has 0 spiro atoms. The zero-order chi connectivity index (χ0) is 24.2. The monoisotopic (exact) mass is 610 g/mol. The Kier molecular flexibility index (Phi) is 24.0. The second-order valence-corrected chi connectivity index (χ2v) is 16.2. The summed E-state index contributed by atoms with van der Waals surface area (Å²) in [4.78, 5) is 0. The van der Waals surface area contributed by atoms with Gasteiger partial charge in [0.15, 0.2) is 0 Å². The molecule has 0 saturated carbocycles. The van der Waals surface area contributed by atoms with E-state index in [1.54, 1.807) is 0 Å². The number of alkyl halides is 2. The van der Waals surface area contributed by atoms with Crippen molar-refractivity contribution in [2.75, 3.05) is 39.6 Å². The Labute approximate surface area is 211 Å². The summed E-state index contributed by atoms with van der Waals surface area (Å²) in [5.41, 5.74) is 0. The molecule has 0 aliphatic rings. The molecule has 0 aromatic rings. The molecule has 190 valence electrons. The van der Waals surface area contributed by atoms with Crippen LogP contribution in [0, 0.1) is 0 Å². The Morgan fingerprint density at radius 2 is 0.742 bits per heavy atom. The van der Waals surface area contributed by atoms with Gasteiger partial charge in [-0.15, -0.1) is 0 Å². The number of halogens is 2. The fourth-order valence-corrected chi connectivity index (χ4v) is 10.3. The van der Waals surface area contributed by atoms with Gasteiger partial charge in [-0.05, 0) is 52.9 Å². The lowest BCUT2D eigenvalue weighted by atomic mass is 10.5. The molecule has 0 aromatic heterocycles. The predicted octanol–water partition coefficient (Wildman–Crippen LogP) is 6.67. The van der Waals surface area contributed by atoms with E-state index in [-0.39, 0.29) is 8.90 Å². The first kappa shape index (κ1) is 34.3. The van der Waals surface area contributed by atoms with Crippen LogP contribution in [0.2, 0.25) is 0 Å². The van der Waals surface area contributed by atoms with Crippen LogP contribution in [-0.4, -0.2) is 66.2 Å². The molecule has 0 N–H and O–H groups in total.